The predicted molar refractivity (Wildman–Crippen MR) is 66.2 cm³/mol. The normalized spacial score (nSPS) is 8.38. The molecule has 0 atom stereocenters. The molecule has 116 valence electrons. The number of aliphatic hydroxyl groups excluding tert-OH is 2. The first-order valence-electron chi connectivity index (χ1n) is 5.25. The van der Waals surface area contributed by atoms with Crippen LogP contribution in [0.4, 0.5) is 4.79 Å². The van der Waals surface area contributed by atoms with Crippen LogP contribution in [0, 0.1) is 0 Å². The number of carbonyl (C=O) groups excluding carboxylic acids is 2. The zero-order valence-corrected chi connectivity index (χ0v) is 14.1. The number of nitrogens with zero attached hydrogens (tertiary/aromatic N) is 2. The van der Waals surface area contributed by atoms with Gasteiger partial charge in [-0.05, 0) is 0 Å². The first kappa shape index (κ1) is 24.8. The third-order valence-corrected chi connectivity index (χ3v) is 1.96. The van der Waals surface area contributed by atoms with Crippen LogP contribution in [0.3, 0.4) is 0 Å². The van der Waals surface area contributed by atoms with Crippen molar-refractivity contribution in [3.63, 3.8) is 0 Å². The fourth-order valence-electron chi connectivity index (χ4n) is 0.844. The second-order valence-corrected chi connectivity index (χ2v) is 3.29. The number of aliphatic hydroxyl groups is 2. The summed E-state index contributed by atoms with van der Waals surface area (Å²) in [7, 11) is 2.98. The van der Waals surface area contributed by atoms with Crippen LogP contribution in [-0.4, -0.2) is 62.5 Å². The van der Waals surface area contributed by atoms with Crippen molar-refractivity contribution in [2.24, 2.45) is 7.05 Å². The van der Waals surface area contributed by atoms with Crippen molar-refractivity contribution in [3.8, 4) is 0 Å². The molecule has 0 spiro atoms. The van der Waals surface area contributed by atoms with Gasteiger partial charge in [0.05, 0.1) is 6.54 Å². The van der Waals surface area contributed by atoms with E-state index in [1.165, 1.54) is 18.7 Å². The fourth-order valence-corrected chi connectivity index (χ4v) is 0.844. The van der Waals surface area contributed by atoms with E-state index >= 15 is 0 Å². The Hall–Kier alpha value is -1.24. The summed E-state index contributed by atoms with van der Waals surface area (Å²) in [6.45, 7) is -0.880. The Morgan fingerprint density at radius 3 is 2.24 bits per heavy atom. The van der Waals surface area contributed by atoms with Gasteiger partial charge in [0.15, 0.2) is 11.6 Å². The molecule has 0 aliphatic heterocycles. The molecule has 0 saturated heterocycles. The number of amides is 2. The second-order valence-electron chi connectivity index (χ2n) is 3.29. The first-order chi connectivity index (χ1) is 8.96. The van der Waals surface area contributed by atoms with E-state index < -0.39 is 18.4 Å². The third kappa shape index (κ3) is 10.2. The van der Waals surface area contributed by atoms with Gasteiger partial charge in [-0.2, -0.15) is 5.10 Å². The Labute approximate surface area is 142 Å². The maximum atomic E-state index is 10.5. The molecule has 1 aromatic heterocycles. The topological polar surface area (TPSA) is 179 Å². The molecule has 1 rings (SSSR count). The zero-order chi connectivity index (χ0) is 14.8. The average molecular weight is 315 g/mol. The van der Waals surface area contributed by atoms with Crippen molar-refractivity contribution in [1.29, 1.82) is 0 Å². The molecule has 2 amide bonds. The molecular weight excluding hydrogens is 297 g/mol. The number of nitrogens with one attached hydrogen (secondary N) is 3. The summed E-state index contributed by atoms with van der Waals surface area (Å²) >= 11 is 0. The molecule has 0 aliphatic rings. The van der Waals surface area contributed by atoms with E-state index in [0.717, 1.165) is 0 Å². The van der Waals surface area contributed by atoms with Gasteiger partial charge in [0.1, 0.15) is 13.2 Å². The number of rotatable bonds is 4. The van der Waals surface area contributed by atoms with Crippen molar-refractivity contribution in [2.45, 2.75) is 6.61 Å². The first-order valence-corrected chi connectivity index (χ1v) is 5.25. The molecule has 21 heavy (non-hydrogen) atoms. The maximum Gasteiger partial charge on any atom is 1.00 e. The molecule has 0 aromatic carbocycles. The van der Waals surface area contributed by atoms with E-state index in [1.807, 2.05) is 0 Å². The van der Waals surface area contributed by atoms with Gasteiger partial charge in [-0.1, -0.05) is 0 Å². The molecule has 1 aromatic rings. The van der Waals surface area contributed by atoms with Crippen molar-refractivity contribution >= 4 is 11.8 Å². The molecule has 0 saturated carbocycles. The third-order valence-electron chi connectivity index (χ3n) is 1.96. The fraction of sp³-hybridized carbons (Fsp3) is 0.556. The van der Waals surface area contributed by atoms with Gasteiger partial charge in [0, 0.05) is 14.1 Å². The molecule has 0 fully saturated rings. The summed E-state index contributed by atoms with van der Waals surface area (Å²) in [5, 5.41) is 26.9. The molecule has 1 heterocycles. The minimum Gasteiger partial charge on any atom is -0.870 e. The Morgan fingerprint density at radius 2 is 1.95 bits per heavy atom. The summed E-state index contributed by atoms with van der Waals surface area (Å²) in [5.41, 5.74) is -0.306. The van der Waals surface area contributed by atoms with Crippen LogP contribution in [0.25, 0.3) is 0 Å². The summed E-state index contributed by atoms with van der Waals surface area (Å²) in [6, 6.07) is -0.429. The van der Waals surface area contributed by atoms with Gasteiger partial charge in [0.2, 0.25) is 0 Å². The molecule has 0 unspecified atom stereocenters. The molecule has 0 bridgehead atoms. The summed E-state index contributed by atoms with van der Waals surface area (Å²) in [4.78, 5) is 31.2. The number of H-pyrrole nitrogens is 1. The van der Waals surface area contributed by atoms with E-state index in [0.29, 0.717) is 5.82 Å². The van der Waals surface area contributed by atoms with Crippen LogP contribution in [0.2, 0.25) is 0 Å². The predicted octanol–water partition coefficient (Wildman–Crippen LogP) is -6.10. The van der Waals surface area contributed by atoms with E-state index in [2.05, 4.69) is 20.8 Å². The van der Waals surface area contributed by atoms with Crippen molar-refractivity contribution in [1.82, 2.24) is 25.4 Å². The van der Waals surface area contributed by atoms with Crippen LogP contribution < -0.4 is 45.9 Å². The number of carbonyl (C=O) groups is 2. The number of ketones is 1. The zero-order valence-electron chi connectivity index (χ0n) is 12.1. The summed E-state index contributed by atoms with van der Waals surface area (Å²) in [5.74, 6) is -0.0661. The number of aromatic nitrogens is 3. The SMILES string of the molecule is CNC(=O)NCC(=O)CO.Cn1c(CO)n[nH]c1=O.[Na+].[OH-]. The minimum atomic E-state index is -0.538. The molecule has 0 aliphatic carbocycles. The Balaban J connectivity index is -0.000000282. The van der Waals surface area contributed by atoms with Gasteiger partial charge < -0.3 is 26.3 Å². The Bertz CT molecular complexity index is 457. The number of hydrogen-bond acceptors (Lipinski definition) is 7. The molecule has 12 heteroatoms. The van der Waals surface area contributed by atoms with Crippen LogP contribution in [-0.2, 0) is 18.4 Å². The molecule has 11 nitrogen and oxygen atoms in total. The van der Waals surface area contributed by atoms with Gasteiger partial charge in [0.25, 0.3) is 0 Å². The van der Waals surface area contributed by atoms with Crippen molar-refractivity contribution < 1.29 is 54.8 Å². The molecular formula is C9H18N5NaO6. The average Bonchev–Trinajstić information content (AvgIpc) is 2.75. The maximum absolute atomic E-state index is 10.5. The monoisotopic (exact) mass is 315 g/mol. The number of urea groups is 1. The smallest absolute Gasteiger partial charge is 0.870 e. The van der Waals surface area contributed by atoms with E-state index in [-0.39, 0.29) is 53.9 Å². The van der Waals surface area contributed by atoms with E-state index in [4.69, 9.17) is 10.2 Å². The van der Waals surface area contributed by atoms with Crippen LogP contribution >= 0.6 is 0 Å². The number of hydrogen-bond donors (Lipinski definition) is 5. The van der Waals surface area contributed by atoms with Crippen LogP contribution in [0.15, 0.2) is 4.79 Å². The Kier molecular flexibility index (Phi) is 16.2. The number of aromatic amines is 1. The number of Topliss-reactive ketones (excluding diaryl/α,β-unsaturated/α-hetero) is 1. The van der Waals surface area contributed by atoms with E-state index in [9.17, 15) is 14.4 Å². The van der Waals surface area contributed by atoms with Crippen molar-refractivity contribution in [3.05, 3.63) is 16.3 Å². The van der Waals surface area contributed by atoms with Gasteiger partial charge in [-0.3, -0.25) is 9.36 Å². The minimum absolute atomic E-state index is 0. The van der Waals surface area contributed by atoms with Crippen LogP contribution in [0.5, 0.6) is 0 Å². The van der Waals surface area contributed by atoms with Crippen molar-refractivity contribution in [2.75, 3.05) is 20.2 Å². The standard InChI is InChI=1S/C5H10N2O3.C4H7N3O2.Na.H2O/c1-6-5(10)7-2-4(9)3-8;1-7-3(2-8)5-6-4(7)9;;/h8H,2-3H2,1H3,(H2,6,7,10);8H,2H2,1H3,(H,6,9);;1H2/q;;+1;/p-1. The summed E-state index contributed by atoms with van der Waals surface area (Å²) in [6.07, 6.45) is 0. The van der Waals surface area contributed by atoms with Crippen LogP contribution in [0.1, 0.15) is 5.82 Å². The largest absolute Gasteiger partial charge is 1.00 e. The molecule has 6 N–H and O–H groups in total. The summed E-state index contributed by atoms with van der Waals surface area (Å²) < 4.78 is 1.25. The van der Waals surface area contributed by atoms with Gasteiger partial charge in [-0.25, -0.2) is 14.7 Å². The van der Waals surface area contributed by atoms with E-state index in [1.54, 1.807) is 0 Å². The quantitative estimate of drug-likeness (QED) is 0.343. The van der Waals surface area contributed by atoms with Gasteiger partial charge in [-0.15, -0.1) is 0 Å². The molecule has 0 radical (unpaired) electrons. The Morgan fingerprint density at radius 1 is 1.38 bits per heavy atom. The second kappa shape index (κ2) is 13.7. The van der Waals surface area contributed by atoms with Gasteiger partial charge >= 0.3 is 41.3 Å².